The van der Waals surface area contributed by atoms with Gasteiger partial charge in [0, 0.05) is 17.7 Å². The van der Waals surface area contributed by atoms with Crippen molar-refractivity contribution < 1.29 is 31.2 Å². The number of nitrogens with one attached hydrogen (secondary N) is 2. The number of sulfonamides is 1. The average Bonchev–Trinajstić information content (AvgIpc) is 2.64. The lowest BCUT2D eigenvalue weighted by molar-refractivity contribution is -0.123. The Morgan fingerprint density at radius 1 is 0.929 bits per heavy atom. The van der Waals surface area contributed by atoms with Gasteiger partial charge in [0.25, 0.3) is 5.91 Å². The van der Waals surface area contributed by atoms with Crippen LogP contribution >= 0.6 is 0 Å². The monoisotopic (exact) mass is 414 g/mol. The lowest BCUT2D eigenvalue weighted by atomic mass is 10.1. The van der Waals surface area contributed by atoms with Crippen molar-refractivity contribution in [3.63, 3.8) is 0 Å². The van der Waals surface area contributed by atoms with Crippen molar-refractivity contribution in [3.05, 3.63) is 65.2 Å². The molecule has 0 spiro atoms. The molecule has 0 aliphatic rings. The summed E-state index contributed by atoms with van der Waals surface area (Å²) in [5.41, 5.74) is 0.922. The largest absolute Gasteiger partial charge is 0.405 e. The smallest absolute Gasteiger partial charge is 0.343 e. The number of hydrogen-bond donors (Lipinski definition) is 2. The Hall–Kier alpha value is -2.72. The molecule has 2 aromatic rings. The maximum Gasteiger partial charge on any atom is 0.405 e. The number of ketones is 1. The molecule has 0 bridgehead atoms. The van der Waals surface area contributed by atoms with Crippen LogP contribution < -0.4 is 10.0 Å². The van der Waals surface area contributed by atoms with Gasteiger partial charge in [-0.1, -0.05) is 24.3 Å². The van der Waals surface area contributed by atoms with Crippen molar-refractivity contribution in [3.8, 4) is 0 Å². The molecule has 150 valence electrons. The summed E-state index contributed by atoms with van der Waals surface area (Å²) in [6.45, 7) is -0.147. The van der Waals surface area contributed by atoms with Gasteiger partial charge in [0.2, 0.25) is 10.0 Å². The molecule has 0 saturated carbocycles. The van der Waals surface area contributed by atoms with Gasteiger partial charge < -0.3 is 5.32 Å². The van der Waals surface area contributed by atoms with Crippen LogP contribution in [0.25, 0.3) is 0 Å². The molecule has 0 unspecified atom stereocenters. The SMILES string of the molecule is CC(=O)c1ccc(S(=O)(=O)NCc2ccc(C(=O)NCC(F)(F)F)cc2)cc1. The summed E-state index contributed by atoms with van der Waals surface area (Å²) in [5.74, 6) is -1.06. The number of carbonyl (C=O) groups excluding carboxylic acids is 2. The number of rotatable bonds is 7. The topological polar surface area (TPSA) is 92.3 Å². The predicted molar refractivity (Wildman–Crippen MR) is 95.3 cm³/mol. The second-order valence-corrected chi connectivity index (χ2v) is 7.67. The number of Topliss-reactive ketones (excluding diaryl/α,β-unsaturated/α-hetero) is 1. The number of hydrogen-bond acceptors (Lipinski definition) is 4. The van der Waals surface area contributed by atoms with E-state index in [-0.39, 0.29) is 22.8 Å². The molecular weight excluding hydrogens is 397 g/mol. The molecule has 0 heterocycles. The Labute approximate surface area is 159 Å². The van der Waals surface area contributed by atoms with E-state index in [1.54, 1.807) is 5.32 Å². The van der Waals surface area contributed by atoms with Crippen LogP contribution in [-0.2, 0) is 16.6 Å². The van der Waals surface area contributed by atoms with Crippen molar-refractivity contribution in [1.82, 2.24) is 10.0 Å². The molecule has 2 N–H and O–H groups in total. The minimum atomic E-state index is -4.50. The van der Waals surface area contributed by atoms with Gasteiger partial charge in [-0.3, -0.25) is 9.59 Å². The summed E-state index contributed by atoms with van der Waals surface area (Å²) >= 11 is 0. The van der Waals surface area contributed by atoms with Crippen LogP contribution in [0.3, 0.4) is 0 Å². The lowest BCUT2D eigenvalue weighted by Crippen LogP contribution is -2.33. The van der Waals surface area contributed by atoms with Crippen LogP contribution in [0, 0.1) is 0 Å². The van der Waals surface area contributed by atoms with Crippen LogP contribution in [0.2, 0.25) is 0 Å². The summed E-state index contributed by atoms with van der Waals surface area (Å²) in [5, 5.41) is 1.75. The van der Waals surface area contributed by atoms with Gasteiger partial charge in [-0.25, -0.2) is 13.1 Å². The van der Waals surface area contributed by atoms with E-state index in [4.69, 9.17) is 0 Å². The molecule has 2 rings (SSSR count). The minimum Gasteiger partial charge on any atom is -0.343 e. The van der Waals surface area contributed by atoms with Gasteiger partial charge in [0.15, 0.2) is 5.78 Å². The molecule has 0 saturated heterocycles. The molecule has 0 aliphatic heterocycles. The second-order valence-electron chi connectivity index (χ2n) is 5.90. The third-order valence-corrected chi connectivity index (χ3v) is 5.12. The van der Waals surface area contributed by atoms with Crippen molar-refractivity contribution >= 4 is 21.7 Å². The molecule has 10 heteroatoms. The molecule has 6 nitrogen and oxygen atoms in total. The number of halogens is 3. The van der Waals surface area contributed by atoms with E-state index in [0.717, 1.165) is 0 Å². The second kappa shape index (κ2) is 8.53. The standard InChI is InChI=1S/C18H17F3N2O4S/c1-12(24)14-6-8-16(9-7-14)28(26,27)23-10-13-2-4-15(5-3-13)17(25)22-11-18(19,20)21/h2-9,23H,10-11H2,1H3,(H,22,25). The van der Waals surface area contributed by atoms with E-state index < -0.39 is 28.7 Å². The van der Waals surface area contributed by atoms with Crippen LogP contribution in [0.1, 0.15) is 33.2 Å². The minimum absolute atomic E-state index is 0.0133. The van der Waals surface area contributed by atoms with Gasteiger partial charge in [-0.2, -0.15) is 13.2 Å². The first-order valence-electron chi connectivity index (χ1n) is 8.02. The zero-order valence-electron chi connectivity index (χ0n) is 14.7. The van der Waals surface area contributed by atoms with Gasteiger partial charge >= 0.3 is 6.18 Å². The van der Waals surface area contributed by atoms with E-state index in [1.807, 2.05) is 0 Å². The van der Waals surface area contributed by atoms with Crippen molar-refractivity contribution in [2.24, 2.45) is 0 Å². The highest BCUT2D eigenvalue weighted by atomic mass is 32.2. The molecule has 1 amide bonds. The maximum atomic E-state index is 12.3. The molecule has 28 heavy (non-hydrogen) atoms. The Balaban J connectivity index is 1.98. The summed E-state index contributed by atoms with van der Waals surface area (Å²) in [6, 6.07) is 10.9. The highest BCUT2D eigenvalue weighted by molar-refractivity contribution is 7.89. The highest BCUT2D eigenvalue weighted by Gasteiger charge is 2.27. The fourth-order valence-electron chi connectivity index (χ4n) is 2.19. The predicted octanol–water partition coefficient (Wildman–Crippen LogP) is 2.66. The molecule has 0 fully saturated rings. The first-order valence-corrected chi connectivity index (χ1v) is 9.51. The molecule has 0 aromatic heterocycles. The normalized spacial score (nSPS) is 11.9. The van der Waals surface area contributed by atoms with Gasteiger partial charge in [-0.05, 0) is 36.8 Å². The van der Waals surface area contributed by atoms with E-state index >= 15 is 0 Å². The van der Waals surface area contributed by atoms with Crippen LogP contribution in [0.4, 0.5) is 13.2 Å². The zero-order chi connectivity index (χ0) is 20.9. The highest BCUT2D eigenvalue weighted by Crippen LogP contribution is 2.14. The number of alkyl halides is 3. The third-order valence-electron chi connectivity index (χ3n) is 3.70. The quantitative estimate of drug-likeness (QED) is 0.682. The van der Waals surface area contributed by atoms with Crippen LogP contribution in [0.5, 0.6) is 0 Å². The fraction of sp³-hybridized carbons (Fsp3) is 0.222. The first kappa shape index (κ1) is 21.6. The van der Waals surface area contributed by atoms with E-state index in [2.05, 4.69) is 4.72 Å². The van der Waals surface area contributed by atoms with Crippen LogP contribution in [-0.4, -0.2) is 32.8 Å². The number of amides is 1. The fourth-order valence-corrected chi connectivity index (χ4v) is 3.20. The van der Waals surface area contributed by atoms with Gasteiger partial charge in [0.05, 0.1) is 4.90 Å². The molecule has 0 radical (unpaired) electrons. The molecular formula is C18H17F3N2O4S. The van der Waals surface area contributed by atoms with E-state index in [9.17, 15) is 31.2 Å². The summed E-state index contributed by atoms with van der Waals surface area (Å²) in [6.07, 6.45) is -4.50. The average molecular weight is 414 g/mol. The third kappa shape index (κ3) is 6.17. The molecule has 0 atom stereocenters. The number of benzene rings is 2. The summed E-state index contributed by atoms with van der Waals surface area (Å²) in [4.78, 5) is 22.9. The van der Waals surface area contributed by atoms with Crippen LogP contribution in [0.15, 0.2) is 53.4 Å². The Morgan fingerprint density at radius 3 is 1.96 bits per heavy atom. The van der Waals surface area contributed by atoms with Gasteiger partial charge in [0.1, 0.15) is 6.54 Å². The summed E-state index contributed by atoms with van der Waals surface area (Å²) in [7, 11) is -3.82. The lowest BCUT2D eigenvalue weighted by Gasteiger charge is -2.10. The number of carbonyl (C=O) groups is 2. The van der Waals surface area contributed by atoms with Crippen molar-refractivity contribution in [1.29, 1.82) is 0 Å². The zero-order valence-corrected chi connectivity index (χ0v) is 15.5. The first-order chi connectivity index (χ1) is 13.0. The Morgan fingerprint density at radius 2 is 1.46 bits per heavy atom. The molecule has 2 aromatic carbocycles. The van der Waals surface area contributed by atoms with Crippen molar-refractivity contribution in [2.45, 2.75) is 24.5 Å². The van der Waals surface area contributed by atoms with E-state index in [1.165, 1.54) is 55.5 Å². The van der Waals surface area contributed by atoms with E-state index in [0.29, 0.717) is 11.1 Å². The Kier molecular flexibility index (Phi) is 6.57. The Bertz CT molecular complexity index is 954. The van der Waals surface area contributed by atoms with Crippen molar-refractivity contribution in [2.75, 3.05) is 6.54 Å². The maximum absolute atomic E-state index is 12.3. The van der Waals surface area contributed by atoms with Gasteiger partial charge in [-0.15, -0.1) is 0 Å². The molecule has 0 aliphatic carbocycles. The summed E-state index contributed by atoms with van der Waals surface area (Å²) < 4.78 is 63.3.